The Morgan fingerprint density at radius 3 is 2.31 bits per heavy atom. The summed E-state index contributed by atoms with van der Waals surface area (Å²) in [6, 6.07) is 0. The quantitative estimate of drug-likeness (QED) is 0.475. The van der Waals surface area contributed by atoms with Gasteiger partial charge in [0, 0.05) is 20.0 Å². The SMILES string of the molecule is CC(=O)NCCNC(=O)COC(C)C(=O)O. The highest BCUT2D eigenvalue weighted by Crippen LogP contribution is 1.89. The Hall–Kier alpha value is -1.63. The highest BCUT2D eigenvalue weighted by atomic mass is 16.5. The van der Waals surface area contributed by atoms with Gasteiger partial charge in [-0.25, -0.2) is 4.79 Å². The number of nitrogens with one attached hydrogen (secondary N) is 2. The molecule has 0 bridgehead atoms. The molecule has 92 valence electrons. The molecule has 1 unspecified atom stereocenters. The predicted octanol–water partition coefficient (Wildman–Crippen LogP) is -1.27. The molecule has 0 aliphatic carbocycles. The second-order valence-electron chi connectivity index (χ2n) is 3.12. The van der Waals surface area contributed by atoms with E-state index in [0.717, 1.165) is 0 Å². The molecule has 0 aromatic rings. The lowest BCUT2D eigenvalue weighted by Gasteiger charge is -2.09. The van der Waals surface area contributed by atoms with Crippen molar-refractivity contribution in [2.75, 3.05) is 19.7 Å². The van der Waals surface area contributed by atoms with Crippen molar-refractivity contribution in [2.45, 2.75) is 20.0 Å². The van der Waals surface area contributed by atoms with Crippen LogP contribution in [0.2, 0.25) is 0 Å². The fourth-order valence-electron chi connectivity index (χ4n) is 0.763. The summed E-state index contributed by atoms with van der Waals surface area (Å²) < 4.78 is 4.74. The van der Waals surface area contributed by atoms with Crippen molar-refractivity contribution < 1.29 is 24.2 Å². The normalized spacial score (nSPS) is 11.6. The lowest BCUT2D eigenvalue weighted by Crippen LogP contribution is -2.36. The van der Waals surface area contributed by atoms with Gasteiger partial charge in [0.05, 0.1) is 0 Å². The van der Waals surface area contributed by atoms with Crippen LogP contribution in [0.3, 0.4) is 0 Å². The number of aliphatic carboxylic acids is 1. The number of hydrogen-bond acceptors (Lipinski definition) is 4. The van der Waals surface area contributed by atoms with Gasteiger partial charge >= 0.3 is 5.97 Å². The van der Waals surface area contributed by atoms with E-state index in [4.69, 9.17) is 9.84 Å². The Bertz CT molecular complexity index is 267. The summed E-state index contributed by atoms with van der Waals surface area (Å²) in [5.41, 5.74) is 0. The van der Waals surface area contributed by atoms with Gasteiger partial charge in [0.15, 0.2) is 6.10 Å². The zero-order chi connectivity index (χ0) is 12.6. The molecular weight excluding hydrogens is 216 g/mol. The average molecular weight is 232 g/mol. The highest BCUT2D eigenvalue weighted by Gasteiger charge is 2.12. The largest absolute Gasteiger partial charge is 0.479 e. The third kappa shape index (κ3) is 7.74. The molecule has 0 heterocycles. The number of carbonyl (C=O) groups is 3. The van der Waals surface area contributed by atoms with Crippen LogP contribution in [0.4, 0.5) is 0 Å². The molecule has 0 aromatic carbocycles. The van der Waals surface area contributed by atoms with E-state index in [9.17, 15) is 14.4 Å². The summed E-state index contributed by atoms with van der Waals surface area (Å²) in [5, 5.41) is 13.4. The summed E-state index contributed by atoms with van der Waals surface area (Å²) in [6.45, 7) is 3.01. The molecule has 0 radical (unpaired) electrons. The van der Waals surface area contributed by atoms with E-state index in [1.807, 2.05) is 0 Å². The molecule has 0 aliphatic rings. The first-order valence-corrected chi connectivity index (χ1v) is 4.79. The van der Waals surface area contributed by atoms with Crippen LogP contribution >= 0.6 is 0 Å². The van der Waals surface area contributed by atoms with Crippen molar-refractivity contribution in [3.05, 3.63) is 0 Å². The zero-order valence-electron chi connectivity index (χ0n) is 9.28. The fraction of sp³-hybridized carbons (Fsp3) is 0.667. The van der Waals surface area contributed by atoms with Crippen LogP contribution < -0.4 is 10.6 Å². The van der Waals surface area contributed by atoms with Crippen LogP contribution in [0.25, 0.3) is 0 Å². The molecule has 1 atom stereocenters. The van der Waals surface area contributed by atoms with Crippen LogP contribution in [0.5, 0.6) is 0 Å². The van der Waals surface area contributed by atoms with Crippen LogP contribution in [-0.4, -0.2) is 48.7 Å². The molecule has 0 aromatic heterocycles. The Kier molecular flexibility index (Phi) is 6.86. The summed E-state index contributed by atoms with van der Waals surface area (Å²) in [4.78, 5) is 31.9. The molecule has 2 amide bonds. The first-order chi connectivity index (χ1) is 7.43. The average Bonchev–Trinajstić information content (AvgIpc) is 2.20. The molecular formula is C9H16N2O5. The molecule has 0 fully saturated rings. The summed E-state index contributed by atoms with van der Waals surface area (Å²) in [7, 11) is 0. The number of rotatable bonds is 7. The third-order valence-electron chi connectivity index (χ3n) is 1.63. The molecule has 7 nitrogen and oxygen atoms in total. The predicted molar refractivity (Wildman–Crippen MR) is 54.7 cm³/mol. The number of carboxylic acids is 1. The van der Waals surface area contributed by atoms with Gasteiger partial charge in [0.2, 0.25) is 11.8 Å². The van der Waals surface area contributed by atoms with Crippen molar-refractivity contribution in [1.82, 2.24) is 10.6 Å². The molecule has 0 spiro atoms. The highest BCUT2D eigenvalue weighted by molar-refractivity contribution is 5.78. The van der Waals surface area contributed by atoms with Gasteiger partial charge in [0.25, 0.3) is 0 Å². The van der Waals surface area contributed by atoms with Crippen molar-refractivity contribution in [3.63, 3.8) is 0 Å². The smallest absolute Gasteiger partial charge is 0.332 e. The molecule has 0 rings (SSSR count). The van der Waals surface area contributed by atoms with E-state index in [2.05, 4.69) is 10.6 Å². The van der Waals surface area contributed by atoms with Crippen LogP contribution in [0.1, 0.15) is 13.8 Å². The minimum Gasteiger partial charge on any atom is -0.479 e. The van der Waals surface area contributed by atoms with Crippen LogP contribution in [-0.2, 0) is 19.1 Å². The Labute approximate surface area is 93.2 Å². The van der Waals surface area contributed by atoms with E-state index in [1.165, 1.54) is 13.8 Å². The van der Waals surface area contributed by atoms with E-state index >= 15 is 0 Å². The summed E-state index contributed by atoms with van der Waals surface area (Å²) >= 11 is 0. The van der Waals surface area contributed by atoms with Gasteiger partial charge in [-0.15, -0.1) is 0 Å². The zero-order valence-corrected chi connectivity index (χ0v) is 9.28. The minimum atomic E-state index is -1.12. The van der Waals surface area contributed by atoms with Crippen molar-refractivity contribution in [2.24, 2.45) is 0 Å². The number of carboxylic acid groups (broad SMARTS) is 1. The summed E-state index contributed by atoms with van der Waals surface area (Å²) in [5.74, 6) is -1.71. The lowest BCUT2D eigenvalue weighted by molar-refractivity contribution is -0.150. The molecule has 7 heteroatoms. The maximum atomic E-state index is 11.1. The topological polar surface area (TPSA) is 105 Å². The van der Waals surface area contributed by atoms with E-state index in [-0.39, 0.29) is 19.1 Å². The molecule has 0 saturated carbocycles. The molecule has 0 aliphatic heterocycles. The fourth-order valence-corrected chi connectivity index (χ4v) is 0.763. The maximum Gasteiger partial charge on any atom is 0.332 e. The minimum absolute atomic E-state index is 0.176. The molecule has 16 heavy (non-hydrogen) atoms. The standard InChI is InChI=1S/C9H16N2O5/c1-6(9(14)15)16-5-8(13)11-4-3-10-7(2)12/h6H,3-5H2,1-2H3,(H,10,12)(H,11,13)(H,14,15). The van der Waals surface area contributed by atoms with Gasteiger partial charge in [-0.3, -0.25) is 9.59 Å². The number of hydrogen-bond donors (Lipinski definition) is 3. The van der Waals surface area contributed by atoms with Gasteiger partial charge in [0.1, 0.15) is 6.61 Å². The van der Waals surface area contributed by atoms with Crippen molar-refractivity contribution in [3.8, 4) is 0 Å². The van der Waals surface area contributed by atoms with Gasteiger partial charge in [-0.2, -0.15) is 0 Å². The van der Waals surface area contributed by atoms with Crippen molar-refractivity contribution >= 4 is 17.8 Å². The van der Waals surface area contributed by atoms with Crippen LogP contribution in [0.15, 0.2) is 0 Å². The summed E-state index contributed by atoms with van der Waals surface area (Å²) in [6.07, 6.45) is -1.01. The lowest BCUT2D eigenvalue weighted by atomic mass is 10.4. The monoisotopic (exact) mass is 232 g/mol. The Morgan fingerprint density at radius 2 is 1.81 bits per heavy atom. The van der Waals surface area contributed by atoms with E-state index in [0.29, 0.717) is 6.54 Å². The maximum absolute atomic E-state index is 11.1. The Morgan fingerprint density at radius 1 is 1.25 bits per heavy atom. The molecule has 3 N–H and O–H groups in total. The van der Waals surface area contributed by atoms with E-state index in [1.54, 1.807) is 0 Å². The number of amides is 2. The van der Waals surface area contributed by atoms with Gasteiger partial charge < -0.3 is 20.5 Å². The number of carbonyl (C=O) groups excluding carboxylic acids is 2. The first kappa shape index (κ1) is 14.4. The van der Waals surface area contributed by atoms with Gasteiger partial charge in [-0.05, 0) is 6.92 Å². The van der Waals surface area contributed by atoms with Crippen LogP contribution in [0, 0.1) is 0 Å². The number of ether oxygens (including phenoxy) is 1. The van der Waals surface area contributed by atoms with E-state index < -0.39 is 18.0 Å². The second kappa shape index (κ2) is 7.63. The second-order valence-corrected chi connectivity index (χ2v) is 3.12. The first-order valence-electron chi connectivity index (χ1n) is 4.79. The van der Waals surface area contributed by atoms with Gasteiger partial charge in [-0.1, -0.05) is 0 Å². The Balaban J connectivity index is 3.52. The third-order valence-corrected chi connectivity index (χ3v) is 1.63. The molecule has 0 saturated heterocycles. The van der Waals surface area contributed by atoms with Crippen molar-refractivity contribution in [1.29, 1.82) is 0 Å².